The van der Waals surface area contributed by atoms with E-state index in [1.54, 1.807) is 0 Å². The number of amides is 1. The third kappa shape index (κ3) is 3.40. The van der Waals surface area contributed by atoms with Crippen molar-refractivity contribution in [2.24, 2.45) is 0 Å². The summed E-state index contributed by atoms with van der Waals surface area (Å²) in [5, 5.41) is 36.0. The molecule has 1 fully saturated rings. The molecule has 33 heavy (non-hydrogen) atoms. The lowest BCUT2D eigenvalue weighted by molar-refractivity contribution is -0.256. The van der Waals surface area contributed by atoms with Gasteiger partial charge in [0.25, 0.3) is 5.91 Å². The minimum atomic E-state index is -2.49. The molecule has 13 heteroatoms. The highest BCUT2D eigenvalue weighted by molar-refractivity contribution is 6.02. The van der Waals surface area contributed by atoms with E-state index < -0.39 is 71.2 Å². The van der Waals surface area contributed by atoms with E-state index in [0.717, 1.165) is 20.8 Å². The molecule has 0 aromatic heterocycles. The van der Waals surface area contributed by atoms with E-state index >= 15 is 0 Å². The highest BCUT2D eigenvalue weighted by atomic mass is 16.7. The van der Waals surface area contributed by atoms with Crippen LogP contribution in [0.4, 0.5) is 0 Å². The Balaban J connectivity index is 1.94. The molecule has 2 aliphatic heterocycles. The number of hydrogen-bond acceptors (Lipinski definition) is 12. The van der Waals surface area contributed by atoms with Crippen molar-refractivity contribution < 1.29 is 58.2 Å². The smallest absolute Gasteiger partial charge is 0.303 e. The Bertz CT molecular complexity index is 1050. The first-order chi connectivity index (χ1) is 15.5. The van der Waals surface area contributed by atoms with E-state index in [1.807, 2.05) is 0 Å². The molecule has 1 saturated carbocycles. The molecule has 1 aliphatic carbocycles. The average Bonchev–Trinajstić information content (AvgIpc) is 3.19. The summed E-state index contributed by atoms with van der Waals surface area (Å²) >= 11 is 0. The Hall–Kier alpha value is -3.58. The van der Waals surface area contributed by atoms with E-state index in [4.69, 9.17) is 23.7 Å². The quantitative estimate of drug-likeness (QED) is 0.301. The van der Waals surface area contributed by atoms with Crippen molar-refractivity contribution >= 4 is 23.8 Å². The standard InChI is InChI=1S/C20H21NO12/c1-6(22)31-14-15(32-7(2)23)17-20(28,18(26)16(14)33-8(3)24)9-4-10-13(30-5-29-10)12(25)11(9)19(27)21-17/h4,14-18,25-26,28H,5H2,1-3H3,(H,21,27)/t14-,15+,16+,17-,18-,20+/m0/s1. The molecule has 3 aliphatic rings. The molecule has 4 N–H and O–H groups in total. The number of carbonyl (C=O) groups excluding carboxylic acids is 4. The van der Waals surface area contributed by atoms with Crippen molar-refractivity contribution in [3.05, 3.63) is 17.2 Å². The lowest BCUT2D eigenvalue weighted by Gasteiger charge is -2.54. The molecule has 0 saturated heterocycles. The Morgan fingerprint density at radius 2 is 1.61 bits per heavy atom. The van der Waals surface area contributed by atoms with Gasteiger partial charge in [0.2, 0.25) is 12.5 Å². The SMILES string of the molecule is CC(=O)O[C@@H]1[C@@H](OC(C)=O)[C@H](O)[C@@]2(O)c3cc4c(c(O)c3C(=O)N[C@H]2[C@@H]1OC(C)=O)OCO4. The van der Waals surface area contributed by atoms with Crippen molar-refractivity contribution in [2.45, 2.75) is 56.8 Å². The number of nitrogens with one attached hydrogen (secondary N) is 1. The number of phenols is 1. The normalized spacial score (nSPS) is 31.5. The van der Waals surface area contributed by atoms with Crippen LogP contribution in [0.1, 0.15) is 36.7 Å². The van der Waals surface area contributed by atoms with Crippen molar-refractivity contribution in [3.63, 3.8) is 0 Å². The predicted octanol–water partition coefficient (Wildman–Crippen LogP) is -1.41. The largest absolute Gasteiger partial charge is 0.504 e. The first-order valence-electron chi connectivity index (χ1n) is 9.85. The molecule has 178 valence electrons. The maximum Gasteiger partial charge on any atom is 0.303 e. The summed E-state index contributed by atoms with van der Waals surface area (Å²) in [5.74, 6) is -4.33. The van der Waals surface area contributed by atoms with Gasteiger partial charge in [0.1, 0.15) is 17.7 Å². The zero-order valence-electron chi connectivity index (χ0n) is 17.7. The van der Waals surface area contributed by atoms with E-state index in [-0.39, 0.29) is 23.9 Å². The van der Waals surface area contributed by atoms with Gasteiger partial charge in [-0.2, -0.15) is 0 Å². The van der Waals surface area contributed by atoms with E-state index in [2.05, 4.69) is 5.32 Å². The van der Waals surface area contributed by atoms with Crippen LogP contribution in [-0.4, -0.2) is 76.4 Å². The zero-order valence-corrected chi connectivity index (χ0v) is 17.7. The summed E-state index contributed by atoms with van der Waals surface area (Å²) in [6.07, 6.45) is -6.90. The summed E-state index contributed by atoms with van der Waals surface area (Å²) < 4.78 is 26.0. The fourth-order valence-electron chi connectivity index (χ4n) is 4.52. The fourth-order valence-corrected chi connectivity index (χ4v) is 4.52. The van der Waals surface area contributed by atoms with Gasteiger partial charge in [0.15, 0.2) is 29.8 Å². The molecule has 1 amide bonds. The number of rotatable bonds is 3. The molecule has 2 heterocycles. The summed E-state index contributed by atoms with van der Waals surface area (Å²) in [5.41, 5.74) is -3.20. The molecule has 6 atom stereocenters. The summed E-state index contributed by atoms with van der Waals surface area (Å²) in [6.45, 7) is 2.84. The van der Waals surface area contributed by atoms with Crippen LogP contribution >= 0.6 is 0 Å². The van der Waals surface area contributed by atoms with Crippen LogP contribution in [0, 0.1) is 0 Å². The minimum absolute atomic E-state index is 0.0180. The fraction of sp³-hybridized carbons (Fsp3) is 0.500. The van der Waals surface area contributed by atoms with Crippen molar-refractivity contribution in [1.29, 1.82) is 0 Å². The van der Waals surface area contributed by atoms with Crippen LogP contribution in [-0.2, 0) is 34.2 Å². The predicted molar refractivity (Wildman–Crippen MR) is 102 cm³/mol. The molecule has 0 bridgehead atoms. The van der Waals surface area contributed by atoms with E-state index in [1.165, 1.54) is 6.07 Å². The number of hydrogen-bond donors (Lipinski definition) is 4. The topological polar surface area (TPSA) is 187 Å². The third-order valence-corrected chi connectivity index (χ3v) is 5.70. The average molecular weight is 467 g/mol. The van der Waals surface area contributed by atoms with Crippen LogP contribution < -0.4 is 14.8 Å². The summed E-state index contributed by atoms with van der Waals surface area (Å²) in [6, 6.07) is -0.388. The Morgan fingerprint density at radius 3 is 2.21 bits per heavy atom. The number of ether oxygens (including phenoxy) is 5. The van der Waals surface area contributed by atoms with E-state index in [0.29, 0.717) is 0 Å². The van der Waals surface area contributed by atoms with Crippen molar-refractivity contribution in [1.82, 2.24) is 5.32 Å². The lowest BCUT2D eigenvalue weighted by Crippen LogP contribution is -2.76. The first-order valence-corrected chi connectivity index (χ1v) is 9.85. The van der Waals surface area contributed by atoms with Gasteiger partial charge in [0, 0.05) is 26.3 Å². The number of aliphatic hydroxyl groups is 2. The van der Waals surface area contributed by atoms with Crippen LogP contribution in [0.5, 0.6) is 17.2 Å². The number of phenolic OH excluding ortho intramolecular Hbond substituents is 1. The molecule has 13 nitrogen and oxygen atoms in total. The number of carbonyl (C=O) groups is 4. The van der Waals surface area contributed by atoms with Crippen LogP contribution in [0.25, 0.3) is 0 Å². The maximum absolute atomic E-state index is 12.9. The molecule has 0 spiro atoms. The Morgan fingerprint density at radius 1 is 1.03 bits per heavy atom. The number of aliphatic hydroxyl groups excluding tert-OH is 1. The van der Waals surface area contributed by atoms with Gasteiger partial charge in [-0.25, -0.2) is 0 Å². The second kappa shape index (κ2) is 7.78. The summed E-state index contributed by atoms with van der Waals surface area (Å²) in [7, 11) is 0. The maximum atomic E-state index is 12.9. The number of esters is 3. The second-order valence-electron chi connectivity index (χ2n) is 7.82. The third-order valence-electron chi connectivity index (χ3n) is 5.70. The minimum Gasteiger partial charge on any atom is -0.504 e. The second-order valence-corrected chi connectivity index (χ2v) is 7.82. The molecule has 4 rings (SSSR count). The van der Waals surface area contributed by atoms with Crippen molar-refractivity contribution in [3.8, 4) is 17.2 Å². The molecular formula is C20H21NO12. The van der Waals surface area contributed by atoms with Crippen molar-refractivity contribution in [2.75, 3.05) is 6.79 Å². The Kier molecular flexibility index (Phi) is 5.33. The molecule has 0 radical (unpaired) electrons. The highest BCUT2D eigenvalue weighted by Gasteiger charge is 2.66. The first kappa shape index (κ1) is 22.6. The molecule has 0 unspecified atom stereocenters. The zero-order chi connectivity index (χ0) is 24.2. The van der Waals surface area contributed by atoms with Gasteiger partial charge < -0.3 is 44.3 Å². The number of benzene rings is 1. The van der Waals surface area contributed by atoms with Gasteiger partial charge in [-0.15, -0.1) is 0 Å². The molecule has 1 aromatic carbocycles. The van der Waals surface area contributed by atoms with E-state index in [9.17, 15) is 34.5 Å². The van der Waals surface area contributed by atoms with Crippen LogP contribution in [0.15, 0.2) is 6.07 Å². The molecule has 1 aromatic rings. The monoisotopic (exact) mass is 467 g/mol. The lowest BCUT2D eigenvalue weighted by atomic mass is 9.66. The van der Waals surface area contributed by atoms with Gasteiger partial charge >= 0.3 is 17.9 Å². The Labute approximate surface area is 186 Å². The van der Waals surface area contributed by atoms with Gasteiger partial charge in [0.05, 0.1) is 5.56 Å². The number of fused-ring (bicyclic) bond motifs is 4. The van der Waals surface area contributed by atoms with Gasteiger partial charge in [-0.3, -0.25) is 19.2 Å². The van der Waals surface area contributed by atoms with Crippen LogP contribution in [0.3, 0.4) is 0 Å². The molecular weight excluding hydrogens is 446 g/mol. The number of aromatic hydroxyl groups is 1. The van der Waals surface area contributed by atoms with Gasteiger partial charge in [-0.1, -0.05) is 0 Å². The summed E-state index contributed by atoms with van der Waals surface area (Å²) in [4.78, 5) is 48.3. The van der Waals surface area contributed by atoms with Gasteiger partial charge in [-0.05, 0) is 6.07 Å². The highest BCUT2D eigenvalue weighted by Crippen LogP contribution is 2.52. The van der Waals surface area contributed by atoms with Crippen LogP contribution in [0.2, 0.25) is 0 Å².